The molecule has 0 aliphatic heterocycles. The first-order chi connectivity index (χ1) is 7.64. The van der Waals surface area contributed by atoms with E-state index in [2.05, 4.69) is 31.4 Å². The lowest BCUT2D eigenvalue weighted by atomic mass is 9.80. The minimum Gasteiger partial charge on any atom is -0.356 e. The average Bonchev–Trinajstić information content (AvgIpc) is 2.32. The molecule has 0 saturated carbocycles. The van der Waals surface area contributed by atoms with E-state index in [9.17, 15) is 4.79 Å². The van der Waals surface area contributed by atoms with Gasteiger partial charge in [0.2, 0.25) is 5.91 Å². The maximum atomic E-state index is 11.6. The molecule has 17 heavy (non-hydrogen) atoms. The van der Waals surface area contributed by atoms with Crippen LogP contribution < -0.4 is 10.6 Å². The lowest BCUT2D eigenvalue weighted by Crippen LogP contribution is -2.36. The van der Waals surface area contributed by atoms with Gasteiger partial charge in [0.25, 0.3) is 0 Å². The zero-order valence-electron chi connectivity index (χ0n) is 11.8. The third-order valence-electron chi connectivity index (χ3n) is 3.74. The summed E-state index contributed by atoms with van der Waals surface area (Å²) in [5.74, 6) is 0.190. The molecule has 0 atom stereocenters. The smallest absolute Gasteiger partial charge is 0.220 e. The molecule has 104 valence electrons. The van der Waals surface area contributed by atoms with Crippen LogP contribution >= 0.6 is 12.4 Å². The minimum atomic E-state index is 0. The van der Waals surface area contributed by atoms with Crippen LogP contribution in [0.5, 0.6) is 0 Å². The largest absolute Gasteiger partial charge is 0.356 e. The number of rotatable bonds is 9. The van der Waals surface area contributed by atoms with Gasteiger partial charge in [0.1, 0.15) is 0 Å². The summed E-state index contributed by atoms with van der Waals surface area (Å²) >= 11 is 0. The lowest BCUT2D eigenvalue weighted by Gasteiger charge is -2.30. The van der Waals surface area contributed by atoms with E-state index in [0.717, 1.165) is 38.8 Å². The van der Waals surface area contributed by atoms with Gasteiger partial charge >= 0.3 is 0 Å². The zero-order chi connectivity index (χ0) is 12.4. The topological polar surface area (TPSA) is 41.1 Å². The molecule has 0 saturated heterocycles. The highest BCUT2D eigenvalue weighted by Gasteiger charge is 2.24. The van der Waals surface area contributed by atoms with Gasteiger partial charge in [-0.25, -0.2) is 0 Å². The third-order valence-corrected chi connectivity index (χ3v) is 3.74. The number of hydrogen-bond acceptors (Lipinski definition) is 2. The van der Waals surface area contributed by atoms with E-state index in [-0.39, 0.29) is 18.3 Å². The molecule has 0 aromatic carbocycles. The molecule has 0 unspecified atom stereocenters. The Morgan fingerprint density at radius 3 is 2.06 bits per heavy atom. The third kappa shape index (κ3) is 7.61. The monoisotopic (exact) mass is 264 g/mol. The number of halogens is 1. The van der Waals surface area contributed by atoms with E-state index in [0.29, 0.717) is 11.8 Å². The highest BCUT2D eigenvalue weighted by molar-refractivity contribution is 5.85. The van der Waals surface area contributed by atoms with Crippen molar-refractivity contribution in [2.75, 3.05) is 20.1 Å². The molecule has 0 aliphatic rings. The fourth-order valence-electron chi connectivity index (χ4n) is 1.93. The average molecular weight is 265 g/mol. The second-order valence-electron chi connectivity index (χ2n) is 4.54. The summed E-state index contributed by atoms with van der Waals surface area (Å²) in [6.07, 6.45) is 4.96. The standard InChI is InChI=1S/C13H28N2O.ClH/c1-5-13(6-2,7-3)11-15-12(16)9-8-10-14-4;/h14H,5-11H2,1-4H3,(H,15,16);1H. The molecule has 4 heteroatoms. The van der Waals surface area contributed by atoms with E-state index < -0.39 is 0 Å². The van der Waals surface area contributed by atoms with Crippen molar-refractivity contribution < 1.29 is 4.79 Å². The van der Waals surface area contributed by atoms with Crippen LogP contribution in [0.25, 0.3) is 0 Å². The van der Waals surface area contributed by atoms with Gasteiger partial charge in [-0.3, -0.25) is 4.79 Å². The minimum absolute atomic E-state index is 0. The van der Waals surface area contributed by atoms with Crippen LogP contribution in [-0.4, -0.2) is 26.0 Å². The van der Waals surface area contributed by atoms with Crippen molar-refractivity contribution in [3.63, 3.8) is 0 Å². The first-order valence-electron chi connectivity index (χ1n) is 6.55. The molecule has 3 nitrogen and oxygen atoms in total. The van der Waals surface area contributed by atoms with Crippen molar-refractivity contribution in [3.8, 4) is 0 Å². The maximum absolute atomic E-state index is 11.6. The van der Waals surface area contributed by atoms with Crippen molar-refractivity contribution in [1.82, 2.24) is 10.6 Å². The van der Waals surface area contributed by atoms with E-state index in [1.165, 1.54) is 0 Å². The Labute approximate surface area is 113 Å². The summed E-state index contributed by atoms with van der Waals surface area (Å²) in [6, 6.07) is 0. The molecule has 0 aromatic heterocycles. The lowest BCUT2D eigenvalue weighted by molar-refractivity contribution is -0.121. The van der Waals surface area contributed by atoms with Crippen LogP contribution in [0.15, 0.2) is 0 Å². The van der Waals surface area contributed by atoms with E-state index in [1.807, 2.05) is 7.05 Å². The van der Waals surface area contributed by atoms with Crippen LogP contribution in [-0.2, 0) is 4.79 Å². The quantitative estimate of drug-likeness (QED) is 0.629. The molecular weight excluding hydrogens is 236 g/mol. The van der Waals surface area contributed by atoms with Gasteiger partial charge in [0.15, 0.2) is 0 Å². The molecule has 0 rings (SSSR count). The van der Waals surface area contributed by atoms with Gasteiger partial charge in [-0.15, -0.1) is 12.4 Å². The molecule has 2 N–H and O–H groups in total. The van der Waals surface area contributed by atoms with Gasteiger partial charge < -0.3 is 10.6 Å². The van der Waals surface area contributed by atoms with Gasteiger partial charge in [0.05, 0.1) is 0 Å². The van der Waals surface area contributed by atoms with Crippen molar-refractivity contribution >= 4 is 18.3 Å². The van der Waals surface area contributed by atoms with Crippen LogP contribution in [0.4, 0.5) is 0 Å². The number of carbonyl (C=O) groups is 1. The Hall–Kier alpha value is -0.280. The van der Waals surface area contributed by atoms with Crippen molar-refractivity contribution in [2.45, 2.75) is 52.9 Å². The van der Waals surface area contributed by atoms with E-state index in [1.54, 1.807) is 0 Å². The van der Waals surface area contributed by atoms with Gasteiger partial charge in [-0.1, -0.05) is 20.8 Å². The first-order valence-corrected chi connectivity index (χ1v) is 6.55. The van der Waals surface area contributed by atoms with E-state index in [4.69, 9.17) is 0 Å². The number of amides is 1. The molecule has 0 radical (unpaired) electrons. The molecule has 0 heterocycles. The van der Waals surface area contributed by atoms with Crippen LogP contribution in [0.2, 0.25) is 0 Å². The summed E-state index contributed by atoms with van der Waals surface area (Å²) in [6.45, 7) is 8.36. The Bertz CT molecular complexity index is 186. The second kappa shape index (κ2) is 10.8. The van der Waals surface area contributed by atoms with Crippen LogP contribution in [0, 0.1) is 5.41 Å². The SMILES string of the molecule is CCC(CC)(CC)CNC(=O)CCCNC.Cl. The van der Waals surface area contributed by atoms with Gasteiger partial charge in [-0.2, -0.15) is 0 Å². The molecular formula is C13H29ClN2O. The first kappa shape index (κ1) is 19.1. The second-order valence-corrected chi connectivity index (χ2v) is 4.54. The van der Waals surface area contributed by atoms with Crippen molar-refractivity contribution in [1.29, 1.82) is 0 Å². The Kier molecular flexibility index (Phi) is 12.2. The Morgan fingerprint density at radius 2 is 1.65 bits per heavy atom. The van der Waals surface area contributed by atoms with E-state index >= 15 is 0 Å². The summed E-state index contributed by atoms with van der Waals surface area (Å²) in [4.78, 5) is 11.6. The highest BCUT2D eigenvalue weighted by atomic mass is 35.5. The van der Waals surface area contributed by atoms with Gasteiger partial charge in [-0.05, 0) is 44.7 Å². The van der Waals surface area contributed by atoms with Crippen molar-refractivity contribution in [3.05, 3.63) is 0 Å². The normalized spacial score (nSPS) is 10.8. The Morgan fingerprint density at radius 1 is 1.12 bits per heavy atom. The number of hydrogen-bond donors (Lipinski definition) is 2. The molecule has 0 fully saturated rings. The molecule has 1 amide bonds. The molecule has 0 aliphatic carbocycles. The molecule has 0 spiro atoms. The van der Waals surface area contributed by atoms with Crippen molar-refractivity contribution in [2.24, 2.45) is 5.41 Å². The Balaban J connectivity index is 0. The fourth-order valence-corrected chi connectivity index (χ4v) is 1.93. The summed E-state index contributed by atoms with van der Waals surface area (Å²) in [5, 5.41) is 6.12. The fraction of sp³-hybridized carbons (Fsp3) is 0.923. The molecule has 0 aromatic rings. The predicted octanol–water partition coefficient (Wildman–Crippen LogP) is 2.74. The van der Waals surface area contributed by atoms with Crippen LogP contribution in [0.1, 0.15) is 52.9 Å². The van der Waals surface area contributed by atoms with Gasteiger partial charge in [0, 0.05) is 13.0 Å². The summed E-state index contributed by atoms with van der Waals surface area (Å²) in [7, 11) is 1.91. The highest BCUT2D eigenvalue weighted by Crippen LogP contribution is 2.29. The number of nitrogens with one attached hydrogen (secondary N) is 2. The zero-order valence-corrected chi connectivity index (χ0v) is 12.6. The summed E-state index contributed by atoms with van der Waals surface area (Å²) in [5.41, 5.74) is 0.304. The van der Waals surface area contributed by atoms with Crippen LogP contribution in [0.3, 0.4) is 0 Å². The number of carbonyl (C=O) groups excluding carboxylic acids is 1. The maximum Gasteiger partial charge on any atom is 0.220 e. The predicted molar refractivity (Wildman–Crippen MR) is 76.7 cm³/mol. The summed E-state index contributed by atoms with van der Waals surface area (Å²) < 4.78 is 0. The molecule has 0 bridgehead atoms.